The number of hydrogen-bond donors (Lipinski definition) is 0. The van der Waals surface area contributed by atoms with Crippen LogP contribution in [0.2, 0.25) is 0 Å². The molecule has 2 unspecified atom stereocenters. The molecule has 0 spiro atoms. The van der Waals surface area contributed by atoms with E-state index in [0.29, 0.717) is 13.2 Å². The first-order valence-electron chi connectivity index (χ1n) is 8.13. The molecule has 2 fully saturated rings. The monoisotopic (exact) mass is 274 g/mol. The summed E-state index contributed by atoms with van der Waals surface area (Å²) in [5.74, 6) is 1.88. The van der Waals surface area contributed by atoms with E-state index in [-0.39, 0.29) is 6.29 Å². The van der Waals surface area contributed by atoms with E-state index in [4.69, 9.17) is 9.47 Å². The van der Waals surface area contributed by atoms with Gasteiger partial charge >= 0.3 is 0 Å². The highest BCUT2D eigenvalue weighted by atomic mass is 16.7. The van der Waals surface area contributed by atoms with Gasteiger partial charge in [-0.25, -0.2) is 0 Å². The highest BCUT2D eigenvalue weighted by Crippen LogP contribution is 2.31. The van der Waals surface area contributed by atoms with Gasteiger partial charge in [0.2, 0.25) is 0 Å². The summed E-state index contributed by atoms with van der Waals surface area (Å²) in [7, 11) is 0. The molecule has 0 bridgehead atoms. The van der Waals surface area contributed by atoms with Crippen LogP contribution in [0.5, 0.6) is 0 Å². The van der Waals surface area contributed by atoms with Crippen molar-refractivity contribution in [3.63, 3.8) is 0 Å². The van der Waals surface area contributed by atoms with Gasteiger partial charge in [0.25, 0.3) is 0 Å². The number of hydrogen-bond acceptors (Lipinski definition) is 2. The van der Waals surface area contributed by atoms with E-state index in [9.17, 15) is 0 Å². The summed E-state index contributed by atoms with van der Waals surface area (Å²) in [4.78, 5) is 0. The summed E-state index contributed by atoms with van der Waals surface area (Å²) < 4.78 is 11.0. The minimum atomic E-state index is -0.136. The minimum absolute atomic E-state index is 0.136. The Hall–Kier alpha value is -0.860. The lowest BCUT2D eigenvalue weighted by molar-refractivity contribution is -0.0441. The van der Waals surface area contributed by atoms with Gasteiger partial charge in [-0.05, 0) is 36.7 Å². The zero-order valence-corrected chi connectivity index (χ0v) is 12.5. The van der Waals surface area contributed by atoms with Gasteiger partial charge in [0.05, 0.1) is 13.2 Å². The smallest absolute Gasteiger partial charge is 0.184 e. The summed E-state index contributed by atoms with van der Waals surface area (Å²) in [6.45, 7) is 3.83. The molecular weight excluding hydrogens is 248 g/mol. The quantitative estimate of drug-likeness (QED) is 0.805. The molecule has 2 atom stereocenters. The molecule has 2 heteroatoms. The molecule has 1 heterocycles. The fourth-order valence-electron chi connectivity index (χ4n) is 3.59. The molecule has 110 valence electrons. The van der Waals surface area contributed by atoms with Gasteiger partial charge in [-0.1, -0.05) is 50.5 Å². The summed E-state index contributed by atoms with van der Waals surface area (Å²) in [5.41, 5.74) is 2.60. The van der Waals surface area contributed by atoms with Crippen molar-refractivity contribution >= 4 is 0 Å². The van der Waals surface area contributed by atoms with E-state index >= 15 is 0 Å². The zero-order valence-electron chi connectivity index (χ0n) is 12.5. The van der Waals surface area contributed by atoms with Crippen LogP contribution in [-0.4, -0.2) is 13.2 Å². The second kappa shape index (κ2) is 6.73. The van der Waals surface area contributed by atoms with Crippen molar-refractivity contribution in [2.75, 3.05) is 13.2 Å². The first-order chi connectivity index (χ1) is 9.81. The molecule has 1 aromatic rings. The van der Waals surface area contributed by atoms with Crippen LogP contribution in [0.1, 0.15) is 56.4 Å². The lowest BCUT2D eigenvalue weighted by atomic mass is 9.80. The molecule has 1 aliphatic heterocycles. The van der Waals surface area contributed by atoms with E-state index in [1.165, 1.54) is 44.1 Å². The van der Waals surface area contributed by atoms with Crippen LogP contribution in [-0.2, 0) is 15.9 Å². The summed E-state index contributed by atoms with van der Waals surface area (Å²) in [6.07, 6.45) is 8.16. The van der Waals surface area contributed by atoms with Gasteiger partial charge in [-0.2, -0.15) is 0 Å². The second-order valence-corrected chi connectivity index (χ2v) is 6.49. The maximum Gasteiger partial charge on any atom is 0.184 e. The van der Waals surface area contributed by atoms with Crippen LogP contribution >= 0.6 is 0 Å². The molecule has 1 saturated heterocycles. The van der Waals surface area contributed by atoms with Crippen molar-refractivity contribution in [3.05, 3.63) is 35.4 Å². The number of rotatable bonds is 4. The highest BCUT2D eigenvalue weighted by molar-refractivity contribution is 5.23. The molecule has 0 radical (unpaired) electrons. The predicted octanol–water partition coefficient (Wildman–Crippen LogP) is 4.49. The van der Waals surface area contributed by atoms with Crippen molar-refractivity contribution in [1.29, 1.82) is 0 Å². The third-order valence-corrected chi connectivity index (χ3v) is 4.76. The Kier molecular flexibility index (Phi) is 4.74. The van der Waals surface area contributed by atoms with Crippen molar-refractivity contribution < 1.29 is 9.47 Å². The normalized spacial score (nSPS) is 27.9. The Morgan fingerprint density at radius 1 is 1.05 bits per heavy atom. The van der Waals surface area contributed by atoms with Crippen molar-refractivity contribution in [3.8, 4) is 0 Å². The number of aryl methyl sites for hydroxylation is 1. The van der Waals surface area contributed by atoms with Gasteiger partial charge in [0, 0.05) is 5.56 Å². The molecule has 3 rings (SSSR count). The van der Waals surface area contributed by atoms with Crippen LogP contribution in [0.3, 0.4) is 0 Å². The summed E-state index contributed by atoms with van der Waals surface area (Å²) >= 11 is 0. The zero-order chi connectivity index (χ0) is 13.8. The van der Waals surface area contributed by atoms with Gasteiger partial charge in [0.1, 0.15) is 0 Å². The third-order valence-electron chi connectivity index (χ3n) is 4.76. The molecule has 2 aliphatic rings. The molecule has 2 nitrogen and oxygen atoms in total. The standard InChI is InChI=1S/C18H26O2/c1-14-3-2-4-16(13-14)6-5-15-7-9-17(10-8-15)18-19-11-12-20-18/h7-10,14,16,18H,2-6,11-13H2,1H3. The lowest BCUT2D eigenvalue weighted by Gasteiger charge is -2.26. The Balaban J connectivity index is 1.50. The Labute approximate surface area is 122 Å². The lowest BCUT2D eigenvalue weighted by Crippen LogP contribution is -2.13. The Morgan fingerprint density at radius 2 is 1.80 bits per heavy atom. The summed E-state index contributed by atoms with van der Waals surface area (Å²) in [6, 6.07) is 8.81. The average molecular weight is 274 g/mol. The van der Waals surface area contributed by atoms with Crippen LogP contribution in [0, 0.1) is 11.8 Å². The first kappa shape index (κ1) is 14.1. The number of benzene rings is 1. The van der Waals surface area contributed by atoms with E-state index in [2.05, 4.69) is 31.2 Å². The van der Waals surface area contributed by atoms with Crippen molar-refractivity contribution in [1.82, 2.24) is 0 Å². The average Bonchev–Trinajstić information content (AvgIpc) is 3.00. The van der Waals surface area contributed by atoms with Gasteiger partial charge in [0.15, 0.2) is 6.29 Å². The fourth-order valence-corrected chi connectivity index (χ4v) is 3.59. The van der Waals surface area contributed by atoms with E-state index in [1.54, 1.807) is 0 Å². The van der Waals surface area contributed by atoms with Gasteiger partial charge < -0.3 is 9.47 Å². The molecule has 0 aromatic heterocycles. The molecule has 1 aromatic carbocycles. The van der Waals surface area contributed by atoms with E-state index in [0.717, 1.165) is 17.4 Å². The molecule has 1 saturated carbocycles. The van der Waals surface area contributed by atoms with Crippen LogP contribution in [0.15, 0.2) is 24.3 Å². The largest absolute Gasteiger partial charge is 0.346 e. The Morgan fingerprint density at radius 3 is 2.50 bits per heavy atom. The summed E-state index contributed by atoms with van der Waals surface area (Å²) in [5, 5.41) is 0. The van der Waals surface area contributed by atoms with Crippen LogP contribution < -0.4 is 0 Å². The van der Waals surface area contributed by atoms with Crippen molar-refractivity contribution in [2.45, 2.75) is 51.7 Å². The fraction of sp³-hybridized carbons (Fsp3) is 0.667. The van der Waals surface area contributed by atoms with Crippen molar-refractivity contribution in [2.24, 2.45) is 11.8 Å². The number of ether oxygens (including phenoxy) is 2. The second-order valence-electron chi connectivity index (χ2n) is 6.49. The Bertz CT molecular complexity index is 406. The van der Waals surface area contributed by atoms with Gasteiger partial charge in [-0.3, -0.25) is 0 Å². The highest BCUT2D eigenvalue weighted by Gasteiger charge is 2.19. The van der Waals surface area contributed by atoms with Gasteiger partial charge in [-0.15, -0.1) is 0 Å². The molecule has 1 aliphatic carbocycles. The maximum absolute atomic E-state index is 5.52. The topological polar surface area (TPSA) is 18.5 Å². The molecule has 0 N–H and O–H groups in total. The molecule has 20 heavy (non-hydrogen) atoms. The minimum Gasteiger partial charge on any atom is -0.346 e. The molecular formula is C18H26O2. The van der Waals surface area contributed by atoms with Crippen LogP contribution in [0.4, 0.5) is 0 Å². The third kappa shape index (κ3) is 3.62. The maximum atomic E-state index is 5.52. The molecule has 0 amide bonds. The van der Waals surface area contributed by atoms with E-state index in [1.807, 2.05) is 0 Å². The van der Waals surface area contributed by atoms with E-state index < -0.39 is 0 Å². The SMILES string of the molecule is CC1CCCC(CCc2ccc(C3OCCO3)cc2)C1. The first-order valence-corrected chi connectivity index (χ1v) is 8.13. The van der Waals surface area contributed by atoms with Crippen LogP contribution in [0.25, 0.3) is 0 Å². The predicted molar refractivity (Wildman–Crippen MR) is 80.5 cm³/mol.